The van der Waals surface area contributed by atoms with Crippen LogP contribution in [0.1, 0.15) is 50.3 Å². The largest absolute Gasteiger partial charge is 0.311 e. The molecule has 0 radical (unpaired) electrons. The molecule has 216 valence electrons. The minimum absolute atomic E-state index is 0.127. The number of allylic oxidation sites excluding steroid dienone is 10. The van der Waals surface area contributed by atoms with E-state index in [1.807, 2.05) is 6.92 Å². The Labute approximate surface area is 259 Å². The SMILES string of the molecule is C=C(C)/C=C(\C=C/C)C(c1ccccc1)c1ccc(-c2ccc(N(C(/C=C\C)=C/C=C\C)c3cccc(C)c3)cc2)cc1. The van der Waals surface area contributed by atoms with Gasteiger partial charge in [-0.3, -0.25) is 0 Å². The lowest BCUT2D eigenvalue weighted by Crippen LogP contribution is -2.15. The highest BCUT2D eigenvalue weighted by molar-refractivity contribution is 5.74. The Hall–Kier alpha value is -4.88. The van der Waals surface area contributed by atoms with Gasteiger partial charge < -0.3 is 4.90 Å². The third-order valence-electron chi connectivity index (χ3n) is 7.26. The molecular formula is C42H43N. The van der Waals surface area contributed by atoms with Crippen molar-refractivity contribution >= 4 is 11.4 Å². The Kier molecular flexibility index (Phi) is 11.1. The van der Waals surface area contributed by atoms with E-state index in [1.165, 1.54) is 33.4 Å². The van der Waals surface area contributed by atoms with Crippen molar-refractivity contribution in [1.82, 2.24) is 0 Å². The van der Waals surface area contributed by atoms with Crippen molar-refractivity contribution < 1.29 is 0 Å². The van der Waals surface area contributed by atoms with Gasteiger partial charge in [0.15, 0.2) is 0 Å². The van der Waals surface area contributed by atoms with E-state index in [0.717, 1.165) is 22.6 Å². The predicted molar refractivity (Wildman–Crippen MR) is 189 cm³/mol. The lowest BCUT2D eigenvalue weighted by atomic mass is 9.83. The number of aryl methyl sites for hydroxylation is 1. The zero-order chi connectivity index (χ0) is 30.6. The van der Waals surface area contributed by atoms with Crippen molar-refractivity contribution in [2.24, 2.45) is 0 Å². The van der Waals surface area contributed by atoms with Gasteiger partial charge in [-0.25, -0.2) is 0 Å². The van der Waals surface area contributed by atoms with E-state index < -0.39 is 0 Å². The Balaban J connectivity index is 1.71. The standard InChI is InChI=1S/C42H43N/c1-7-10-20-39(16-9-3)43(41-21-14-17-33(6)31-41)40-28-26-35(27-29-40)34-22-24-37(25-23-34)42(36-18-12-11-13-19-36)38(15-8-2)30-32(4)5/h7-31,42H,4H2,1-3,5-6H3/b10-7-,15-8-,16-9-,38-30+,39-20+. The molecule has 0 fully saturated rings. The molecule has 0 spiro atoms. The Bertz CT molecular complexity index is 1640. The molecule has 0 heterocycles. The van der Waals surface area contributed by atoms with Crippen LogP contribution in [0.3, 0.4) is 0 Å². The quantitative estimate of drug-likeness (QED) is 0.165. The molecule has 0 bridgehead atoms. The van der Waals surface area contributed by atoms with E-state index in [1.54, 1.807) is 0 Å². The second kappa shape index (κ2) is 15.4. The monoisotopic (exact) mass is 561 g/mol. The van der Waals surface area contributed by atoms with Crippen LogP contribution in [0.5, 0.6) is 0 Å². The summed E-state index contributed by atoms with van der Waals surface area (Å²) in [6.07, 6.45) is 17.0. The van der Waals surface area contributed by atoms with Gasteiger partial charge in [-0.2, -0.15) is 0 Å². The number of hydrogen-bond acceptors (Lipinski definition) is 1. The van der Waals surface area contributed by atoms with Gasteiger partial charge in [0.05, 0.1) is 0 Å². The molecule has 1 atom stereocenters. The van der Waals surface area contributed by atoms with Crippen LogP contribution in [0, 0.1) is 6.92 Å². The first-order chi connectivity index (χ1) is 20.9. The molecule has 0 amide bonds. The summed E-state index contributed by atoms with van der Waals surface area (Å²) in [5, 5.41) is 0. The van der Waals surface area contributed by atoms with E-state index in [4.69, 9.17) is 0 Å². The number of hydrogen-bond donors (Lipinski definition) is 0. The highest BCUT2D eigenvalue weighted by atomic mass is 15.1. The van der Waals surface area contributed by atoms with E-state index in [0.29, 0.717) is 0 Å². The van der Waals surface area contributed by atoms with Gasteiger partial charge in [0.1, 0.15) is 0 Å². The summed E-state index contributed by atoms with van der Waals surface area (Å²) in [6, 6.07) is 37.2. The van der Waals surface area contributed by atoms with Crippen molar-refractivity contribution in [3.63, 3.8) is 0 Å². The van der Waals surface area contributed by atoms with Crippen LogP contribution in [-0.2, 0) is 0 Å². The molecule has 4 aromatic carbocycles. The molecule has 43 heavy (non-hydrogen) atoms. The summed E-state index contributed by atoms with van der Waals surface area (Å²) in [5.41, 5.74) is 11.8. The molecule has 4 aromatic rings. The average molecular weight is 562 g/mol. The number of rotatable bonds is 11. The van der Waals surface area contributed by atoms with Crippen molar-refractivity contribution in [2.75, 3.05) is 4.90 Å². The fourth-order valence-corrected chi connectivity index (χ4v) is 5.38. The maximum atomic E-state index is 4.16. The highest BCUT2D eigenvalue weighted by Gasteiger charge is 2.18. The van der Waals surface area contributed by atoms with Crippen LogP contribution < -0.4 is 4.90 Å². The number of nitrogens with zero attached hydrogens (tertiary/aromatic N) is 1. The summed E-state index contributed by atoms with van der Waals surface area (Å²) < 4.78 is 0. The second-order valence-corrected chi connectivity index (χ2v) is 10.8. The zero-order valence-electron chi connectivity index (χ0n) is 26.2. The highest BCUT2D eigenvalue weighted by Crippen LogP contribution is 2.36. The Morgan fingerprint density at radius 3 is 1.88 bits per heavy atom. The lowest BCUT2D eigenvalue weighted by Gasteiger charge is -2.27. The second-order valence-electron chi connectivity index (χ2n) is 10.8. The molecule has 0 aromatic heterocycles. The molecule has 1 unspecified atom stereocenters. The van der Waals surface area contributed by atoms with Gasteiger partial charge in [0.2, 0.25) is 0 Å². The number of benzene rings is 4. The zero-order valence-corrected chi connectivity index (χ0v) is 26.2. The van der Waals surface area contributed by atoms with Gasteiger partial charge in [0.25, 0.3) is 0 Å². The maximum Gasteiger partial charge on any atom is 0.0464 e. The molecule has 0 aliphatic carbocycles. The molecule has 0 saturated heterocycles. The van der Waals surface area contributed by atoms with Crippen molar-refractivity contribution in [2.45, 2.75) is 40.5 Å². The summed E-state index contributed by atoms with van der Waals surface area (Å²) >= 11 is 0. The molecule has 0 aliphatic rings. The predicted octanol–water partition coefficient (Wildman–Crippen LogP) is 12.0. The first-order valence-electron chi connectivity index (χ1n) is 15.0. The minimum Gasteiger partial charge on any atom is -0.311 e. The van der Waals surface area contributed by atoms with Crippen molar-refractivity contribution in [1.29, 1.82) is 0 Å². The summed E-state index contributed by atoms with van der Waals surface area (Å²) in [7, 11) is 0. The summed E-state index contributed by atoms with van der Waals surface area (Å²) in [4.78, 5) is 2.31. The molecule has 1 nitrogen and oxygen atoms in total. The molecular weight excluding hydrogens is 518 g/mol. The van der Waals surface area contributed by atoms with E-state index in [-0.39, 0.29) is 5.92 Å². The topological polar surface area (TPSA) is 3.24 Å². The fraction of sp³-hybridized carbons (Fsp3) is 0.143. The number of anilines is 2. The van der Waals surface area contributed by atoms with E-state index in [9.17, 15) is 0 Å². The minimum atomic E-state index is 0.127. The van der Waals surface area contributed by atoms with Gasteiger partial charge >= 0.3 is 0 Å². The third kappa shape index (κ3) is 8.11. The van der Waals surface area contributed by atoms with Crippen LogP contribution in [0.2, 0.25) is 0 Å². The third-order valence-corrected chi connectivity index (χ3v) is 7.26. The summed E-state index contributed by atoms with van der Waals surface area (Å²) in [6.45, 7) is 14.5. The van der Waals surface area contributed by atoms with Crippen LogP contribution >= 0.6 is 0 Å². The Morgan fingerprint density at radius 1 is 0.674 bits per heavy atom. The van der Waals surface area contributed by atoms with Crippen molar-refractivity contribution in [3.05, 3.63) is 192 Å². The van der Waals surface area contributed by atoms with Crippen LogP contribution in [0.25, 0.3) is 11.1 Å². The van der Waals surface area contributed by atoms with Crippen molar-refractivity contribution in [3.8, 4) is 11.1 Å². The lowest BCUT2D eigenvalue weighted by molar-refractivity contribution is 0.974. The molecule has 0 N–H and O–H groups in total. The van der Waals surface area contributed by atoms with Crippen LogP contribution in [0.15, 0.2) is 175 Å². The normalized spacial score (nSPS) is 13.2. The van der Waals surface area contributed by atoms with Gasteiger partial charge in [-0.1, -0.05) is 127 Å². The molecule has 4 rings (SSSR count). The Morgan fingerprint density at radius 2 is 1.30 bits per heavy atom. The van der Waals surface area contributed by atoms with E-state index >= 15 is 0 Å². The first-order valence-corrected chi connectivity index (χ1v) is 15.0. The molecule has 1 heteroatoms. The van der Waals surface area contributed by atoms with Crippen LogP contribution in [0.4, 0.5) is 11.4 Å². The average Bonchev–Trinajstić information content (AvgIpc) is 3.01. The van der Waals surface area contributed by atoms with E-state index in [2.05, 4.69) is 191 Å². The summed E-state index contributed by atoms with van der Waals surface area (Å²) in [5.74, 6) is 0.127. The van der Waals surface area contributed by atoms with Gasteiger partial charge in [-0.15, -0.1) is 0 Å². The fourth-order valence-electron chi connectivity index (χ4n) is 5.38. The smallest absolute Gasteiger partial charge is 0.0464 e. The van der Waals surface area contributed by atoms with Gasteiger partial charge in [0, 0.05) is 23.0 Å². The van der Waals surface area contributed by atoms with Crippen LogP contribution in [-0.4, -0.2) is 0 Å². The first kappa shape index (κ1) is 31.1. The van der Waals surface area contributed by atoms with Gasteiger partial charge in [-0.05, 0) is 104 Å². The molecule has 0 saturated carbocycles. The maximum absolute atomic E-state index is 4.16. The molecule has 0 aliphatic heterocycles.